The summed E-state index contributed by atoms with van der Waals surface area (Å²) in [6.45, 7) is 1.84. The lowest BCUT2D eigenvalue weighted by Gasteiger charge is -2.06. The van der Waals surface area contributed by atoms with Crippen molar-refractivity contribution >= 4 is 28.7 Å². The summed E-state index contributed by atoms with van der Waals surface area (Å²) in [5.41, 5.74) is 8.59. The number of nitrogen functional groups attached to an aromatic ring is 1. The maximum Gasteiger partial charge on any atom is 0.268 e. The number of hydrogen-bond acceptors (Lipinski definition) is 5. The van der Waals surface area contributed by atoms with Gasteiger partial charge in [0, 0.05) is 0 Å². The van der Waals surface area contributed by atoms with E-state index >= 15 is 0 Å². The van der Waals surface area contributed by atoms with Gasteiger partial charge in [-0.1, -0.05) is 0 Å². The molecule has 1 amide bonds. The predicted octanol–water partition coefficient (Wildman–Crippen LogP) is 1.68. The first-order valence-electron chi connectivity index (χ1n) is 4.59. The Morgan fingerprint density at radius 2 is 2.31 bits per heavy atom. The molecule has 0 aliphatic heterocycles. The van der Waals surface area contributed by atoms with Gasteiger partial charge in [0.1, 0.15) is 10.7 Å². The van der Waals surface area contributed by atoms with E-state index in [2.05, 4.69) is 15.3 Å². The number of aromatic nitrogens is 2. The van der Waals surface area contributed by atoms with Gasteiger partial charge in [0.25, 0.3) is 5.91 Å². The molecule has 6 heteroatoms. The Balaban J connectivity index is 2.18. The summed E-state index contributed by atoms with van der Waals surface area (Å²) < 4.78 is 0. The second kappa shape index (κ2) is 4.28. The highest BCUT2D eigenvalue weighted by Crippen LogP contribution is 2.15. The van der Waals surface area contributed by atoms with E-state index < -0.39 is 0 Å². The van der Waals surface area contributed by atoms with Crippen molar-refractivity contribution in [1.29, 1.82) is 0 Å². The average Bonchev–Trinajstić information content (AvgIpc) is 2.75. The van der Waals surface area contributed by atoms with Crippen LogP contribution in [0.5, 0.6) is 0 Å². The van der Waals surface area contributed by atoms with Crippen molar-refractivity contribution in [3.05, 3.63) is 34.4 Å². The van der Waals surface area contributed by atoms with Gasteiger partial charge in [0.2, 0.25) is 0 Å². The van der Waals surface area contributed by atoms with Gasteiger partial charge in [-0.3, -0.25) is 9.78 Å². The largest absolute Gasteiger partial charge is 0.397 e. The lowest BCUT2D eigenvalue weighted by Crippen LogP contribution is -2.12. The third-order valence-corrected chi connectivity index (χ3v) is 2.76. The molecular formula is C10H10N4OS. The molecule has 0 spiro atoms. The lowest BCUT2D eigenvalue weighted by atomic mass is 10.2. The molecular weight excluding hydrogens is 224 g/mol. The summed E-state index contributed by atoms with van der Waals surface area (Å²) in [6, 6.07) is 1.76. The van der Waals surface area contributed by atoms with Crippen LogP contribution in [0.25, 0.3) is 0 Å². The number of nitrogens with zero attached hydrogens (tertiary/aromatic N) is 2. The number of pyridine rings is 1. The fourth-order valence-electron chi connectivity index (χ4n) is 1.22. The third-order valence-electron chi connectivity index (χ3n) is 1.99. The zero-order chi connectivity index (χ0) is 11.5. The van der Waals surface area contributed by atoms with Gasteiger partial charge in [-0.05, 0) is 18.6 Å². The van der Waals surface area contributed by atoms with Crippen LogP contribution in [-0.4, -0.2) is 15.9 Å². The molecule has 0 radical (unpaired) electrons. The van der Waals surface area contributed by atoms with Crippen LogP contribution in [0.15, 0.2) is 24.0 Å². The van der Waals surface area contributed by atoms with Crippen LogP contribution < -0.4 is 11.1 Å². The standard InChI is InChI=1S/C10H10N4OS/c1-6-2-7(11)3-13-9(6)14-10(15)8-4-12-5-16-8/h2-5H,11H2,1H3,(H,13,14,15). The van der Waals surface area contributed by atoms with Crippen LogP contribution in [0.3, 0.4) is 0 Å². The van der Waals surface area contributed by atoms with E-state index in [0.717, 1.165) is 5.56 Å². The minimum Gasteiger partial charge on any atom is -0.397 e. The predicted molar refractivity (Wildman–Crippen MR) is 63.5 cm³/mol. The molecule has 0 aliphatic carbocycles. The number of hydrogen-bond donors (Lipinski definition) is 2. The lowest BCUT2D eigenvalue weighted by molar-refractivity contribution is 0.103. The minimum atomic E-state index is -0.206. The molecule has 2 heterocycles. The highest BCUT2D eigenvalue weighted by molar-refractivity contribution is 7.11. The molecule has 0 saturated heterocycles. The molecule has 82 valence electrons. The number of aryl methyl sites for hydroxylation is 1. The first kappa shape index (κ1) is 10.6. The molecule has 0 saturated carbocycles. The number of nitrogens with two attached hydrogens (primary N) is 1. The van der Waals surface area contributed by atoms with E-state index in [9.17, 15) is 4.79 Å². The number of nitrogens with one attached hydrogen (secondary N) is 1. The molecule has 0 bridgehead atoms. The summed E-state index contributed by atoms with van der Waals surface area (Å²) in [5.74, 6) is 0.315. The van der Waals surface area contributed by atoms with Crippen molar-refractivity contribution in [2.75, 3.05) is 11.1 Å². The van der Waals surface area contributed by atoms with Gasteiger partial charge in [-0.25, -0.2) is 4.98 Å². The first-order chi connectivity index (χ1) is 7.66. The minimum absolute atomic E-state index is 0.206. The SMILES string of the molecule is Cc1cc(N)cnc1NC(=O)c1cncs1. The number of anilines is 2. The molecule has 16 heavy (non-hydrogen) atoms. The summed E-state index contributed by atoms with van der Waals surface area (Å²) in [5, 5.41) is 2.70. The zero-order valence-corrected chi connectivity index (χ0v) is 9.41. The molecule has 2 aromatic rings. The van der Waals surface area contributed by atoms with Crippen LogP contribution in [0, 0.1) is 6.92 Å². The van der Waals surface area contributed by atoms with Crippen molar-refractivity contribution in [3.8, 4) is 0 Å². The van der Waals surface area contributed by atoms with Gasteiger partial charge in [-0.15, -0.1) is 11.3 Å². The van der Waals surface area contributed by atoms with E-state index in [-0.39, 0.29) is 5.91 Å². The van der Waals surface area contributed by atoms with Crippen LogP contribution in [0.2, 0.25) is 0 Å². The van der Waals surface area contributed by atoms with Crippen molar-refractivity contribution in [3.63, 3.8) is 0 Å². The Morgan fingerprint density at radius 1 is 1.50 bits per heavy atom. The third kappa shape index (κ3) is 2.17. The molecule has 2 aromatic heterocycles. The summed E-state index contributed by atoms with van der Waals surface area (Å²) in [7, 11) is 0. The Kier molecular flexibility index (Phi) is 2.82. The second-order valence-corrected chi connectivity index (χ2v) is 4.14. The number of carbonyl (C=O) groups is 1. The van der Waals surface area contributed by atoms with E-state index in [1.54, 1.807) is 11.6 Å². The molecule has 0 aliphatic rings. The number of amides is 1. The number of rotatable bonds is 2. The second-order valence-electron chi connectivity index (χ2n) is 3.25. The van der Waals surface area contributed by atoms with Crippen LogP contribution in [-0.2, 0) is 0 Å². The van der Waals surface area contributed by atoms with Gasteiger partial charge in [0.15, 0.2) is 0 Å². The maximum absolute atomic E-state index is 11.7. The Bertz CT molecular complexity index is 510. The maximum atomic E-state index is 11.7. The van der Waals surface area contributed by atoms with Crippen molar-refractivity contribution in [1.82, 2.24) is 9.97 Å². The first-order valence-corrected chi connectivity index (χ1v) is 5.47. The Labute approximate surface area is 96.3 Å². The van der Waals surface area contributed by atoms with E-state index in [0.29, 0.717) is 16.4 Å². The van der Waals surface area contributed by atoms with Gasteiger partial charge >= 0.3 is 0 Å². The fourth-order valence-corrected chi connectivity index (χ4v) is 1.74. The molecule has 0 aromatic carbocycles. The summed E-state index contributed by atoms with van der Waals surface area (Å²) in [4.78, 5) is 20.1. The van der Waals surface area contributed by atoms with Crippen LogP contribution in [0.1, 0.15) is 15.2 Å². The van der Waals surface area contributed by atoms with Crippen LogP contribution in [0.4, 0.5) is 11.5 Å². The topological polar surface area (TPSA) is 80.9 Å². The van der Waals surface area contributed by atoms with E-state index in [4.69, 9.17) is 5.73 Å². The van der Waals surface area contributed by atoms with E-state index in [1.165, 1.54) is 23.7 Å². The highest BCUT2D eigenvalue weighted by atomic mass is 32.1. The molecule has 0 fully saturated rings. The van der Waals surface area contributed by atoms with E-state index in [1.807, 2.05) is 6.92 Å². The fraction of sp³-hybridized carbons (Fsp3) is 0.100. The van der Waals surface area contributed by atoms with Crippen LogP contribution >= 0.6 is 11.3 Å². The molecule has 2 rings (SSSR count). The molecule has 0 unspecified atom stereocenters. The Hall–Kier alpha value is -1.95. The van der Waals surface area contributed by atoms with Crippen molar-refractivity contribution in [2.24, 2.45) is 0 Å². The number of carbonyl (C=O) groups excluding carboxylic acids is 1. The zero-order valence-electron chi connectivity index (χ0n) is 8.60. The average molecular weight is 234 g/mol. The van der Waals surface area contributed by atoms with Crippen molar-refractivity contribution < 1.29 is 4.79 Å². The Morgan fingerprint density at radius 3 is 2.94 bits per heavy atom. The molecule has 0 atom stereocenters. The highest BCUT2D eigenvalue weighted by Gasteiger charge is 2.09. The van der Waals surface area contributed by atoms with Gasteiger partial charge in [0.05, 0.1) is 23.6 Å². The normalized spacial score (nSPS) is 10.1. The molecule has 3 N–H and O–H groups in total. The summed E-state index contributed by atoms with van der Waals surface area (Å²) in [6.07, 6.45) is 3.03. The van der Waals surface area contributed by atoms with Crippen molar-refractivity contribution in [2.45, 2.75) is 6.92 Å². The quantitative estimate of drug-likeness (QED) is 0.828. The summed E-state index contributed by atoms with van der Waals surface area (Å²) >= 11 is 1.28. The smallest absolute Gasteiger partial charge is 0.268 e. The number of thiazole rings is 1. The van der Waals surface area contributed by atoms with Gasteiger partial charge in [-0.2, -0.15) is 0 Å². The monoisotopic (exact) mass is 234 g/mol. The molecule has 5 nitrogen and oxygen atoms in total. The van der Waals surface area contributed by atoms with Gasteiger partial charge < -0.3 is 11.1 Å².